The van der Waals surface area contributed by atoms with Crippen LogP contribution in [0.25, 0.3) is 0 Å². The summed E-state index contributed by atoms with van der Waals surface area (Å²) in [6.45, 7) is 4.81. The maximum atomic E-state index is 9.92. The maximum Gasteiger partial charge on any atom is 0.113 e. The van der Waals surface area contributed by atoms with Gasteiger partial charge in [0.1, 0.15) is 5.60 Å². The molecule has 0 amide bonds. The van der Waals surface area contributed by atoms with Gasteiger partial charge in [-0.3, -0.25) is 4.68 Å². The summed E-state index contributed by atoms with van der Waals surface area (Å²) in [6, 6.07) is 0. The summed E-state index contributed by atoms with van der Waals surface area (Å²) < 4.78 is 6.69. The Labute approximate surface area is 78.1 Å². The molecule has 74 valence electrons. The van der Waals surface area contributed by atoms with Crippen molar-refractivity contribution < 1.29 is 9.84 Å². The first-order valence-electron chi connectivity index (χ1n) is 4.34. The minimum absolute atomic E-state index is 0.280. The van der Waals surface area contributed by atoms with Gasteiger partial charge >= 0.3 is 0 Å². The van der Waals surface area contributed by atoms with Crippen molar-refractivity contribution in [1.29, 1.82) is 0 Å². The van der Waals surface area contributed by atoms with E-state index in [-0.39, 0.29) is 6.61 Å². The second kappa shape index (κ2) is 3.89. The third kappa shape index (κ3) is 2.29. The summed E-state index contributed by atoms with van der Waals surface area (Å²) in [6.07, 6.45) is 3.50. The SMILES string of the molecule is CCn1cc(C(C)(O)COC)cn1. The molecule has 1 unspecified atom stereocenters. The molecule has 4 heteroatoms. The van der Waals surface area contributed by atoms with Crippen LogP contribution in [0.1, 0.15) is 19.4 Å². The molecule has 0 aromatic carbocycles. The van der Waals surface area contributed by atoms with Crippen molar-refractivity contribution in [3.63, 3.8) is 0 Å². The molecule has 4 nitrogen and oxygen atoms in total. The molecule has 0 saturated heterocycles. The Bertz CT molecular complexity index is 268. The van der Waals surface area contributed by atoms with Crippen LogP contribution in [0.4, 0.5) is 0 Å². The second-order valence-electron chi connectivity index (χ2n) is 3.29. The molecule has 0 saturated carbocycles. The van der Waals surface area contributed by atoms with Gasteiger partial charge in [0.2, 0.25) is 0 Å². The molecule has 1 atom stereocenters. The molecule has 0 aliphatic heterocycles. The molecule has 1 N–H and O–H groups in total. The molecule has 1 aromatic heterocycles. The van der Waals surface area contributed by atoms with Crippen LogP contribution in [-0.2, 0) is 16.9 Å². The van der Waals surface area contributed by atoms with Crippen LogP contribution in [0.5, 0.6) is 0 Å². The highest BCUT2D eigenvalue weighted by atomic mass is 16.5. The lowest BCUT2D eigenvalue weighted by atomic mass is 10.0. The zero-order chi connectivity index (χ0) is 9.90. The summed E-state index contributed by atoms with van der Waals surface area (Å²) in [4.78, 5) is 0. The van der Waals surface area contributed by atoms with Gasteiger partial charge in [-0.25, -0.2) is 0 Å². The molecule has 0 fully saturated rings. The minimum atomic E-state index is -0.942. The van der Waals surface area contributed by atoms with Crippen LogP contribution < -0.4 is 0 Å². The van der Waals surface area contributed by atoms with Gasteiger partial charge in [0, 0.05) is 25.4 Å². The predicted molar refractivity (Wildman–Crippen MR) is 49.3 cm³/mol. The molecule has 0 aliphatic rings. The largest absolute Gasteiger partial charge is 0.383 e. The second-order valence-corrected chi connectivity index (χ2v) is 3.29. The number of nitrogens with zero attached hydrogens (tertiary/aromatic N) is 2. The Morgan fingerprint density at radius 3 is 2.85 bits per heavy atom. The van der Waals surface area contributed by atoms with E-state index < -0.39 is 5.60 Å². The van der Waals surface area contributed by atoms with E-state index >= 15 is 0 Å². The molecule has 1 aromatic rings. The lowest BCUT2D eigenvalue weighted by molar-refractivity contribution is -0.0208. The molecular formula is C9H16N2O2. The van der Waals surface area contributed by atoms with E-state index in [4.69, 9.17) is 4.74 Å². The molecule has 0 spiro atoms. The number of hydrogen-bond donors (Lipinski definition) is 1. The maximum absolute atomic E-state index is 9.92. The van der Waals surface area contributed by atoms with Gasteiger partial charge in [0.15, 0.2) is 0 Å². The van der Waals surface area contributed by atoms with E-state index in [1.54, 1.807) is 24.9 Å². The van der Waals surface area contributed by atoms with Crippen LogP contribution in [0.2, 0.25) is 0 Å². The molecule has 1 heterocycles. The highest BCUT2D eigenvalue weighted by molar-refractivity contribution is 5.13. The van der Waals surface area contributed by atoms with E-state index in [1.807, 2.05) is 13.1 Å². The van der Waals surface area contributed by atoms with E-state index in [0.29, 0.717) is 0 Å². The average molecular weight is 184 g/mol. The van der Waals surface area contributed by atoms with Crippen LogP contribution >= 0.6 is 0 Å². The smallest absolute Gasteiger partial charge is 0.113 e. The van der Waals surface area contributed by atoms with Crippen molar-refractivity contribution in [1.82, 2.24) is 9.78 Å². The summed E-state index contributed by atoms with van der Waals surface area (Å²) in [5.41, 5.74) is -0.154. The van der Waals surface area contributed by atoms with Crippen LogP contribution in [-0.4, -0.2) is 28.6 Å². The van der Waals surface area contributed by atoms with Gasteiger partial charge in [-0.05, 0) is 13.8 Å². The molecule has 1 rings (SSSR count). The summed E-state index contributed by atoms with van der Waals surface area (Å²) >= 11 is 0. The Hall–Kier alpha value is -0.870. The number of aliphatic hydroxyl groups is 1. The predicted octanol–water partition coefficient (Wildman–Crippen LogP) is 0.757. The van der Waals surface area contributed by atoms with Crippen molar-refractivity contribution in [3.8, 4) is 0 Å². The van der Waals surface area contributed by atoms with Crippen molar-refractivity contribution in [2.45, 2.75) is 26.0 Å². The van der Waals surface area contributed by atoms with E-state index in [1.165, 1.54) is 0 Å². The normalized spacial score (nSPS) is 15.7. The Balaban J connectivity index is 2.80. The van der Waals surface area contributed by atoms with E-state index in [9.17, 15) is 5.11 Å². The number of hydrogen-bond acceptors (Lipinski definition) is 3. The van der Waals surface area contributed by atoms with Crippen molar-refractivity contribution in [3.05, 3.63) is 18.0 Å². The highest BCUT2D eigenvalue weighted by Crippen LogP contribution is 2.19. The Morgan fingerprint density at radius 2 is 2.38 bits per heavy atom. The van der Waals surface area contributed by atoms with Gasteiger partial charge in [0.05, 0.1) is 12.8 Å². The molecule has 0 aliphatic carbocycles. The van der Waals surface area contributed by atoms with Crippen LogP contribution in [0, 0.1) is 0 Å². The Morgan fingerprint density at radius 1 is 1.69 bits per heavy atom. The number of aromatic nitrogens is 2. The number of ether oxygens (including phenoxy) is 1. The van der Waals surface area contributed by atoms with Gasteiger partial charge < -0.3 is 9.84 Å². The van der Waals surface area contributed by atoms with E-state index in [0.717, 1.165) is 12.1 Å². The van der Waals surface area contributed by atoms with Crippen LogP contribution in [0.15, 0.2) is 12.4 Å². The quantitative estimate of drug-likeness (QED) is 0.751. The fraction of sp³-hybridized carbons (Fsp3) is 0.667. The molecule has 0 radical (unpaired) electrons. The zero-order valence-electron chi connectivity index (χ0n) is 8.32. The standard InChI is InChI=1S/C9H16N2O2/c1-4-11-6-8(5-10-11)9(2,12)7-13-3/h5-6,12H,4,7H2,1-3H3. The lowest BCUT2D eigenvalue weighted by Crippen LogP contribution is -2.26. The van der Waals surface area contributed by atoms with Crippen molar-refractivity contribution in [2.75, 3.05) is 13.7 Å². The fourth-order valence-electron chi connectivity index (χ4n) is 1.18. The zero-order valence-corrected chi connectivity index (χ0v) is 8.32. The van der Waals surface area contributed by atoms with Crippen LogP contribution in [0.3, 0.4) is 0 Å². The average Bonchev–Trinajstić information content (AvgIpc) is 2.52. The summed E-state index contributed by atoms with van der Waals surface area (Å²) in [5, 5.41) is 14.0. The third-order valence-electron chi connectivity index (χ3n) is 2.00. The van der Waals surface area contributed by atoms with Gasteiger partial charge in [-0.2, -0.15) is 5.10 Å². The Kier molecular flexibility index (Phi) is 3.06. The molecular weight excluding hydrogens is 168 g/mol. The number of aryl methyl sites for hydroxylation is 1. The first-order valence-corrected chi connectivity index (χ1v) is 4.34. The monoisotopic (exact) mass is 184 g/mol. The minimum Gasteiger partial charge on any atom is -0.383 e. The van der Waals surface area contributed by atoms with Gasteiger partial charge in [0.25, 0.3) is 0 Å². The highest BCUT2D eigenvalue weighted by Gasteiger charge is 2.24. The molecule has 0 bridgehead atoms. The first kappa shape index (κ1) is 10.2. The topological polar surface area (TPSA) is 47.3 Å². The van der Waals surface area contributed by atoms with E-state index in [2.05, 4.69) is 5.10 Å². The number of methoxy groups -OCH3 is 1. The lowest BCUT2D eigenvalue weighted by Gasteiger charge is -2.20. The number of rotatable bonds is 4. The first-order chi connectivity index (χ1) is 6.10. The third-order valence-corrected chi connectivity index (χ3v) is 2.00. The molecule has 13 heavy (non-hydrogen) atoms. The van der Waals surface area contributed by atoms with Gasteiger partial charge in [-0.15, -0.1) is 0 Å². The summed E-state index contributed by atoms with van der Waals surface area (Å²) in [7, 11) is 1.57. The summed E-state index contributed by atoms with van der Waals surface area (Å²) in [5.74, 6) is 0. The van der Waals surface area contributed by atoms with Gasteiger partial charge in [-0.1, -0.05) is 0 Å². The fourth-order valence-corrected chi connectivity index (χ4v) is 1.18. The van der Waals surface area contributed by atoms with Crippen molar-refractivity contribution >= 4 is 0 Å². The van der Waals surface area contributed by atoms with Crippen molar-refractivity contribution in [2.24, 2.45) is 0 Å².